The molecule has 2 aliphatic heterocycles. The van der Waals surface area contributed by atoms with Gasteiger partial charge in [0.25, 0.3) is 5.91 Å². The van der Waals surface area contributed by atoms with Gasteiger partial charge in [-0.05, 0) is 24.3 Å². The van der Waals surface area contributed by atoms with E-state index in [-0.39, 0.29) is 17.5 Å². The topological polar surface area (TPSA) is 148 Å². The summed E-state index contributed by atoms with van der Waals surface area (Å²) in [6.45, 7) is 0.704. The number of anilines is 2. The number of sulfone groups is 1. The van der Waals surface area contributed by atoms with E-state index in [1.165, 1.54) is 23.9 Å². The van der Waals surface area contributed by atoms with Crippen LogP contribution < -0.4 is 22.1 Å². The Morgan fingerprint density at radius 1 is 1.19 bits per heavy atom. The highest BCUT2D eigenvalue weighted by Gasteiger charge is 2.48. The first-order valence-corrected chi connectivity index (χ1v) is 12.5. The number of nitrogens with two attached hydrogens (primary N) is 2. The van der Waals surface area contributed by atoms with Crippen LogP contribution in [0, 0.1) is 0 Å². The second-order valence-corrected chi connectivity index (χ2v) is 11.0. The van der Waals surface area contributed by atoms with Crippen molar-refractivity contribution in [2.45, 2.75) is 16.2 Å². The zero-order valence-corrected chi connectivity index (χ0v) is 18.9. The van der Waals surface area contributed by atoms with Crippen LogP contribution in [-0.4, -0.2) is 44.6 Å². The number of carbonyl (C=O) groups excluding carboxylic acids is 2. The Bertz CT molecular complexity index is 1240. The maximum absolute atomic E-state index is 12.8. The number of para-hydroxylation sites is 1. The van der Waals surface area contributed by atoms with Crippen molar-refractivity contribution in [3.8, 4) is 0 Å². The average Bonchev–Trinajstić information content (AvgIpc) is 3.13. The van der Waals surface area contributed by atoms with Crippen molar-refractivity contribution in [1.29, 1.82) is 0 Å². The van der Waals surface area contributed by atoms with E-state index in [9.17, 15) is 18.0 Å². The third-order valence-corrected chi connectivity index (χ3v) is 7.96. The lowest BCUT2D eigenvalue weighted by molar-refractivity contribution is -0.121. The molecule has 11 heteroatoms. The van der Waals surface area contributed by atoms with Gasteiger partial charge in [0, 0.05) is 46.8 Å². The van der Waals surface area contributed by atoms with Crippen LogP contribution in [0.25, 0.3) is 0 Å². The van der Waals surface area contributed by atoms with Gasteiger partial charge in [0.1, 0.15) is 0 Å². The molecule has 0 saturated carbocycles. The van der Waals surface area contributed by atoms with Crippen LogP contribution in [0.5, 0.6) is 0 Å². The van der Waals surface area contributed by atoms with Gasteiger partial charge >= 0.3 is 6.03 Å². The van der Waals surface area contributed by atoms with Crippen molar-refractivity contribution in [3.05, 3.63) is 64.7 Å². The summed E-state index contributed by atoms with van der Waals surface area (Å²) in [5.74, 6) is -0.566. The summed E-state index contributed by atoms with van der Waals surface area (Å²) in [6, 6.07) is 12.8. The molecule has 0 saturated heterocycles. The molecular weight excluding hydrogens is 450 g/mol. The molecule has 0 spiro atoms. The number of hydrogen-bond acceptors (Lipinski definition) is 7. The summed E-state index contributed by atoms with van der Waals surface area (Å²) in [5.41, 5.74) is 14.2. The third kappa shape index (κ3) is 4.00. The van der Waals surface area contributed by atoms with Crippen LogP contribution in [0.2, 0.25) is 0 Å². The fraction of sp³-hybridized carbons (Fsp3) is 0.238. The Balaban J connectivity index is 1.51. The molecule has 4 rings (SSSR count). The van der Waals surface area contributed by atoms with Crippen LogP contribution in [-0.2, 0) is 19.5 Å². The maximum atomic E-state index is 12.8. The van der Waals surface area contributed by atoms with Gasteiger partial charge in [0.05, 0.1) is 11.4 Å². The second kappa shape index (κ2) is 8.06. The number of rotatable bonds is 4. The van der Waals surface area contributed by atoms with Crippen molar-refractivity contribution in [1.82, 2.24) is 10.2 Å². The maximum Gasteiger partial charge on any atom is 0.322 e. The standard InChI is InChI=1S/C21H23N5O4S2/c1-32(29,30)14-6-4-5-13(11-14)24-20(28)26-10-9-17-18(12-26)31-21(25-17,19(23)27)15-7-2-3-8-16(15)22/h2-8,11,25H,9-10,12,22H2,1H3,(H2,23,27)(H,24,28). The summed E-state index contributed by atoms with van der Waals surface area (Å²) >= 11 is 1.26. The minimum Gasteiger partial charge on any atom is -0.398 e. The summed E-state index contributed by atoms with van der Waals surface area (Å²) < 4.78 is 23.5. The number of amides is 3. The van der Waals surface area contributed by atoms with Gasteiger partial charge in [0.2, 0.25) is 0 Å². The molecule has 2 heterocycles. The number of nitrogens with one attached hydrogen (secondary N) is 2. The van der Waals surface area contributed by atoms with E-state index in [2.05, 4.69) is 10.6 Å². The van der Waals surface area contributed by atoms with E-state index >= 15 is 0 Å². The number of hydrogen-bond donors (Lipinski definition) is 4. The largest absolute Gasteiger partial charge is 0.398 e. The van der Waals surface area contributed by atoms with E-state index in [4.69, 9.17) is 11.5 Å². The first-order valence-electron chi connectivity index (χ1n) is 9.80. The Hall–Kier alpha value is -3.18. The molecule has 6 N–H and O–H groups in total. The summed E-state index contributed by atoms with van der Waals surface area (Å²) in [5, 5.41) is 6.01. The molecule has 168 valence electrons. The fourth-order valence-electron chi connectivity index (χ4n) is 3.75. The third-order valence-electron chi connectivity index (χ3n) is 5.39. The Morgan fingerprint density at radius 2 is 1.94 bits per heavy atom. The van der Waals surface area contributed by atoms with Crippen molar-refractivity contribution in [2.75, 3.05) is 30.4 Å². The van der Waals surface area contributed by atoms with Crippen LogP contribution in [0.15, 0.2) is 64.0 Å². The number of thioether (sulfide) groups is 1. The van der Waals surface area contributed by atoms with Crippen molar-refractivity contribution in [3.63, 3.8) is 0 Å². The number of nitrogen functional groups attached to an aromatic ring is 1. The van der Waals surface area contributed by atoms with Gasteiger partial charge in [-0.3, -0.25) is 4.79 Å². The van der Waals surface area contributed by atoms with Gasteiger partial charge in [-0.2, -0.15) is 0 Å². The number of carbonyl (C=O) groups is 2. The van der Waals surface area contributed by atoms with Crippen molar-refractivity contribution >= 4 is 44.9 Å². The fourth-order valence-corrected chi connectivity index (χ4v) is 5.85. The summed E-state index contributed by atoms with van der Waals surface area (Å²) in [6.07, 6.45) is 1.63. The lowest BCUT2D eigenvalue weighted by atomic mass is 10.0. The highest BCUT2D eigenvalue weighted by molar-refractivity contribution is 8.05. The van der Waals surface area contributed by atoms with Crippen LogP contribution in [0.3, 0.4) is 0 Å². The molecule has 2 aromatic rings. The number of nitrogens with zero attached hydrogens (tertiary/aromatic N) is 1. The van der Waals surface area contributed by atoms with E-state index in [0.717, 1.165) is 16.9 Å². The smallest absolute Gasteiger partial charge is 0.322 e. The minimum absolute atomic E-state index is 0.126. The first-order chi connectivity index (χ1) is 15.1. The normalized spacial score (nSPS) is 20.5. The van der Waals surface area contributed by atoms with E-state index < -0.39 is 20.6 Å². The molecule has 0 bridgehead atoms. The molecule has 0 fully saturated rings. The van der Waals surface area contributed by atoms with Gasteiger partial charge in [0.15, 0.2) is 14.7 Å². The van der Waals surface area contributed by atoms with Gasteiger partial charge < -0.3 is 27.0 Å². The number of benzene rings is 2. The van der Waals surface area contributed by atoms with E-state index in [0.29, 0.717) is 29.9 Å². The van der Waals surface area contributed by atoms with Crippen LogP contribution in [0.4, 0.5) is 16.2 Å². The molecular formula is C21H23N5O4S2. The molecule has 32 heavy (non-hydrogen) atoms. The Labute approximate surface area is 190 Å². The Morgan fingerprint density at radius 3 is 2.62 bits per heavy atom. The first kappa shape index (κ1) is 22.0. The highest BCUT2D eigenvalue weighted by atomic mass is 32.2. The predicted octanol–water partition coefficient (Wildman–Crippen LogP) is 1.80. The molecule has 0 aliphatic carbocycles. The van der Waals surface area contributed by atoms with Gasteiger partial charge in [-0.15, -0.1) is 0 Å². The molecule has 9 nitrogen and oxygen atoms in total. The molecule has 1 unspecified atom stereocenters. The average molecular weight is 474 g/mol. The number of primary amides is 1. The van der Waals surface area contributed by atoms with Crippen LogP contribution >= 0.6 is 11.8 Å². The second-order valence-electron chi connectivity index (χ2n) is 7.66. The van der Waals surface area contributed by atoms with Crippen molar-refractivity contribution in [2.24, 2.45) is 5.73 Å². The number of urea groups is 1. The van der Waals surface area contributed by atoms with E-state index in [1.54, 1.807) is 41.3 Å². The molecule has 2 aliphatic rings. The van der Waals surface area contributed by atoms with Crippen LogP contribution in [0.1, 0.15) is 12.0 Å². The summed E-state index contributed by atoms with van der Waals surface area (Å²) in [4.78, 5) is 26.7. The summed E-state index contributed by atoms with van der Waals surface area (Å²) in [7, 11) is -3.39. The van der Waals surface area contributed by atoms with E-state index in [1.807, 2.05) is 0 Å². The quantitative estimate of drug-likeness (QED) is 0.495. The van der Waals surface area contributed by atoms with Gasteiger partial charge in [-0.25, -0.2) is 13.2 Å². The zero-order chi connectivity index (χ0) is 23.1. The molecule has 0 aromatic heterocycles. The zero-order valence-electron chi connectivity index (χ0n) is 17.3. The highest BCUT2D eigenvalue weighted by Crippen LogP contribution is 2.49. The van der Waals surface area contributed by atoms with Crippen molar-refractivity contribution < 1.29 is 18.0 Å². The predicted molar refractivity (Wildman–Crippen MR) is 124 cm³/mol. The SMILES string of the molecule is CS(=O)(=O)c1cccc(NC(=O)N2CCC3=C(C2)SC(C(N)=O)(c2ccccc2N)N3)c1. The minimum atomic E-state index is -3.39. The molecule has 2 aromatic carbocycles. The lowest BCUT2D eigenvalue weighted by Crippen LogP contribution is -2.47. The lowest BCUT2D eigenvalue weighted by Gasteiger charge is -2.28. The molecule has 0 radical (unpaired) electrons. The molecule has 3 amide bonds. The monoisotopic (exact) mass is 473 g/mol. The molecule has 1 atom stereocenters. The Kier molecular flexibility index (Phi) is 5.55. The van der Waals surface area contributed by atoms with Gasteiger partial charge in [-0.1, -0.05) is 36.0 Å².